The molecule has 3 rings (SSSR count). The molecule has 0 aliphatic carbocycles. The van der Waals surface area contributed by atoms with E-state index in [2.05, 4.69) is 10.2 Å². The summed E-state index contributed by atoms with van der Waals surface area (Å²) in [6, 6.07) is 17.2. The number of nitrogens with zero attached hydrogens (tertiary/aromatic N) is 3. The van der Waals surface area contributed by atoms with Crippen molar-refractivity contribution in [3.63, 3.8) is 0 Å². The number of hydrogen-bond acceptors (Lipinski definition) is 6. The molecule has 0 spiro atoms. The Hall–Kier alpha value is -2.45. The highest BCUT2D eigenvalue weighted by molar-refractivity contribution is 7.99. The van der Waals surface area contributed by atoms with Gasteiger partial charge in [0.25, 0.3) is 0 Å². The van der Waals surface area contributed by atoms with E-state index in [-0.39, 0.29) is 22.2 Å². The molecule has 0 N–H and O–H groups in total. The quantitative estimate of drug-likeness (QED) is 0.458. The van der Waals surface area contributed by atoms with Crippen LogP contribution in [0.15, 0.2) is 70.7 Å². The van der Waals surface area contributed by atoms with Crippen molar-refractivity contribution in [3.8, 4) is 0 Å². The van der Waals surface area contributed by atoms with E-state index in [1.54, 1.807) is 54.1 Å². The highest BCUT2D eigenvalue weighted by atomic mass is 32.2. The summed E-state index contributed by atoms with van der Waals surface area (Å²) in [5.74, 6) is 0.287. The molecule has 0 saturated carbocycles. The predicted molar refractivity (Wildman–Crippen MR) is 99.8 cm³/mol. The molecule has 0 atom stereocenters. The van der Waals surface area contributed by atoms with Gasteiger partial charge in [-0.05, 0) is 12.1 Å². The van der Waals surface area contributed by atoms with Crippen LogP contribution in [0.3, 0.4) is 0 Å². The van der Waals surface area contributed by atoms with E-state index in [4.69, 9.17) is 0 Å². The van der Waals surface area contributed by atoms with Gasteiger partial charge in [0, 0.05) is 12.6 Å². The second-order valence-electron chi connectivity index (χ2n) is 5.61. The van der Waals surface area contributed by atoms with Crippen LogP contribution in [0.25, 0.3) is 0 Å². The van der Waals surface area contributed by atoms with Gasteiger partial charge in [-0.25, -0.2) is 8.42 Å². The number of thioether (sulfide) groups is 1. The number of ketones is 1. The molecule has 3 aromatic rings. The van der Waals surface area contributed by atoms with Gasteiger partial charge in [-0.15, -0.1) is 10.2 Å². The number of aromatic nitrogens is 3. The number of benzene rings is 2. The van der Waals surface area contributed by atoms with Crippen molar-refractivity contribution in [2.24, 2.45) is 7.05 Å². The molecule has 0 bridgehead atoms. The molecule has 1 heterocycles. The Morgan fingerprint density at radius 3 is 2.27 bits per heavy atom. The molecule has 6 nitrogen and oxygen atoms in total. The van der Waals surface area contributed by atoms with E-state index in [1.807, 2.05) is 18.2 Å². The lowest BCUT2D eigenvalue weighted by atomic mass is 10.2. The van der Waals surface area contributed by atoms with Gasteiger partial charge >= 0.3 is 0 Å². The summed E-state index contributed by atoms with van der Waals surface area (Å²) in [4.78, 5) is 12.4. The number of hydrogen-bond donors (Lipinski definition) is 0. The Bertz CT molecular complexity index is 1000. The second kappa shape index (κ2) is 7.84. The maximum absolute atomic E-state index is 12.5. The summed E-state index contributed by atoms with van der Waals surface area (Å²) in [6.07, 6.45) is 0. The zero-order chi connectivity index (χ0) is 18.6. The van der Waals surface area contributed by atoms with Crippen LogP contribution in [0.1, 0.15) is 16.2 Å². The van der Waals surface area contributed by atoms with Crippen molar-refractivity contribution in [2.45, 2.75) is 15.8 Å². The third kappa shape index (κ3) is 4.20. The maximum atomic E-state index is 12.5. The SMILES string of the molecule is Cn1c(CS(=O)(=O)c2ccccc2)nnc1SCC(=O)c1ccccc1. The molecular weight excluding hydrogens is 370 g/mol. The van der Waals surface area contributed by atoms with E-state index in [0.717, 1.165) is 0 Å². The number of rotatable bonds is 7. The van der Waals surface area contributed by atoms with Crippen LogP contribution in [0.4, 0.5) is 0 Å². The lowest BCUT2D eigenvalue weighted by Gasteiger charge is -2.05. The van der Waals surface area contributed by atoms with Gasteiger partial charge in [0.1, 0.15) is 11.6 Å². The van der Waals surface area contributed by atoms with E-state index in [0.29, 0.717) is 16.5 Å². The fraction of sp³-hybridized carbons (Fsp3) is 0.167. The van der Waals surface area contributed by atoms with Gasteiger partial charge < -0.3 is 4.57 Å². The molecule has 0 unspecified atom stereocenters. The smallest absolute Gasteiger partial charge is 0.191 e. The first-order valence-corrected chi connectivity index (χ1v) is 10.5. The average Bonchev–Trinajstić information content (AvgIpc) is 3.00. The summed E-state index contributed by atoms with van der Waals surface area (Å²) < 4.78 is 26.6. The first-order valence-electron chi connectivity index (χ1n) is 7.84. The summed E-state index contributed by atoms with van der Waals surface area (Å²) in [5, 5.41) is 8.50. The van der Waals surface area contributed by atoms with Crippen molar-refractivity contribution < 1.29 is 13.2 Å². The highest BCUT2D eigenvalue weighted by Crippen LogP contribution is 2.20. The lowest BCUT2D eigenvalue weighted by molar-refractivity contribution is 0.102. The third-order valence-corrected chi connectivity index (χ3v) is 6.42. The molecule has 1 aromatic heterocycles. The standard InChI is InChI=1S/C18H17N3O3S2/c1-21-17(13-26(23,24)15-10-6-3-7-11-15)19-20-18(21)25-12-16(22)14-8-4-2-5-9-14/h2-11H,12-13H2,1H3. The van der Waals surface area contributed by atoms with Crippen LogP contribution in [0.2, 0.25) is 0 Å². The van der Waals surface area contributed by atoms with Gasteiger partial charge in [0.05, 0.1) is 10.6 Å². The molecule has 0 amide bonds. The summed E-state index contributed by atoms with van der Waals surface area (Å²) in [6.45, 7) is 0. The number of sulfone groups is 1. The molecule has 8 heteroatoms. The minimum atomic E-state index is -3.50. The van der Waals surface area contributed by atoms with Crippen molar-refractivity contribution in [3.05, 3.63) is 72.1 Å². The zero-order valence-corrected chi connectivity index (χ0v) is 15.7. The van der Waals surface area contributed by atoms with Gasteiger partial charge in [0.15, 0.2) is 20.8 Å². The molecule has 134 valence electrons. The van der Waals surface area contributed by atoms with E-state index < -0.39 is 9.84 Å². The fourth-order valence-electron chi connectivity index (χ4n) is 2.32. The number of carbonyl (C=O) groups is 1. The van der Waals surface area contributed by atoms with Gasteiger partial charge in [-0.1, -0.05) is 60.3 Å². The Labute approximate surface area is 156 Å². The first kappa shape index (κ1) is 18.3. The van der Waals surface area contributed by atoms with E-state index in [9.17, 15) is 13.2 Å². The van der Waals surface area contributed by atoms with Gasteiger partial charge in [-0.2, -0.15) is 0 Å². The van der Waals surface area contributed by atoms with Crippen LogP contribution in [0, 0.1) is 0 Å². The molecule has 0 aliphatic heterocycles. The number of carbonyl (C=O) groups excluding carboxylic acids is 1. The molecule has 0 saturated heterocycles. The molecule has 0 radical (unpaired) electrons. The largest absolute Gasteiger partial charge is 0.308 e. The van der Waals surface area contributed by atoms with Gasteiger partial charge in [0.2, 0.25) is 0 Å². The summed E-state index contributed by atoms with van der Waals surface area (Å²) in [5.41, 5.74) is 0.633. The van der Waals surface area contributed by atoms with Crippen LogP contribution >= 0.6 is 11.8 Å². The molecule has 0 fully saturated rings. The molecule has 26 heavy (non-hydrogen) atoms. The van der Waals surface area contributed by atoms with Crippen molar-refractivity contribution in [1.29, 1.82) is 0 Å². The average molecular weight is 387 g/mol. The van der Waals surface area contributed by atoms with Crippen LogP contribution in [0.5, 0.6) is 0 Å². The Kier molecular flexibility index (Phi) is 5.53. The van der Waals surface area contributed by atoms with Crippen molar-refractivity contribution in [1.82, 2.24) is 14.8 Å². The predicted octanol–water partition coefficient (Wildman–Crippen LogP) is 2.76. The van der Waals surface area contributed by atoms with Gasteiger partial charge in [-0.3, -0.25) is 4.79 Å². The van der Waals surface area contributed by atoms with Crippen LogP contribution < -0.4 is 0 Å². The highest BCUT2D eigenvalue weighted by Gasteiger charge is 2.20. The lowest BCUT2D eigenvalue weighted by Crippen LogP contribution is -2.10. The van der Waals surface area contributed by atoms with Crippen molar-refractivity contribution in [2.75, 3.05) is 5.75 Å². The van der Waals surface area contributed by atoms with E-state index >= 15 is 0 Å². The fourth-order valence-corrected chi connectivity index (χ4v) is 4.47. The maximum Gasteiger partial charge on any atom is 0.191 e. The molecule has 0 aliphatic rings. The number of Topliss-reactive ketones (excluding diaryl/α,β-unsaturated/α-hetero) is 1. The Morgan fingerprint density at radius 1 is 1.00 bits per heavy atom. The topological polar surface area (TPSA) is 81.9 Å². The summed E-state index contributed by atoms with van der Waals surface area (Å²) in [7, 11) is -1.80. The molecule has 2 aromatic carbocycles. The first-order chi connectivity index (χ1) is 12.5. The van der Waals surface area contributed by atoms with Crippen LogP contribution in [-0.4, -0.2) is 34.7 Å². The third-order valence-electron chi connectivity index (χ3n) is 3.77. The second-order valence-corrected chi connectivity index (χ2v) is 8.54. The zero-order valence-electron chi connectivity index (χ0n) is 14.1. The normalized spacial score (nSPS) is 11.4. The van der Waals surface area contributed by atoms with E-state index in [1.165, 1.54) is 11.8 Å². The van der Waals surface area contributed by atoms with Crippen molar-refractivity contribution >= 4 is 27.4 Å². The Balaban J connectivity index is 1.69. The van der Waals surface area contributed by atoms with Crippen LogP contribution in [-0.2, 0) is 22.6 Å². The molecular formula is C18H17N3O3S2. The monoisotopic (exact) mass is 387 g/mol. The minimum Gasteiger partial charge on any atom is -0.308 e. The summed E-state index contributed by atoms with van der Waals surface area (Å²) >= 11 is 1.24. The Morgan fingerprint density at radius 2 is 1.62 bits per heavy atom. The minimum absolute atomic E-state index is 0.0166.